The Labute approximate surface area is 90.3 Å². The van der Waals surface area contributed by atoms with E-state index in [1.165, 1.54) is 11.3 Å². The third-order valence-corrected chi connectivity index (χ3v) is 2.33. The van der Waals surface area contributed by atoms with Crippen molar-refractivity contribution in [1.29, 1.82) is 0 Å². The first-order valence-corrected chi connectivity index (χ1v) is 5.69. The van der Waals surface area contributed by atoms with Gasteiger partial charge in [-0.1, -0.05) is 13.8 Å². The second-order valence-electron chi connectivity index (χ2n) is 1.71. The van der Waals surface area contributed by atoms with E-state index in [1.807, 2.05) is 13.8 Å². The van der Waals surface area contributed by atoms with Gasteiger partial charge in [-0.3, -0.25) is 0 Å². The maximum Gasteiger partial charge on any atom is 0.357 e. The molecule has 0 amide bonds. The van der Waals surface area contributed by atoms with Crippen LogP contribution >= 0.6 is 27.3 Å². The Kier molecular flexibility index (Phi) is 6.80. The number of thiazole rings is 1. The molecule has 13 heavy (non-hydrogen) atoms. The summed E-state index contributed by atoms with van der Waals surface area (Å²) in [6.45, 7) is 6.15. The van der Waals surface area contributed by atoms with Crippen LogP contribution in [0.1, 0.15) is 31.3 Å². The Balaban J connectivity index is 0.000000671. The second-order valence-corrected chi connectivity index (χ2v) is 3.84. The highest BCUT2D eigenvalue weighted by atomic mass is 79.9. The summed E-state index contributed by atoms with van der Waals surface area (Å²) in [5.74, 6) is -0.366. The van der Waals surface area contributed by atoms with Gasteiger partial charge in [0.1, 0.15) is 0 Å². The average Bonchev–Trinajstić information content (AvgIpc) is 2.56. The molecule has 0 saturated carbocycles. The first-order valence-electron chi connectivity index (χ1n) is 4.02. The van der Waals surface area contributed by atoms with Crippen LogP contribution in [0.25, 0.3) is 0 Å². The highest BCUT2D eigenvalue weighted by Crippen LogP contribution is 2.16. The van der Waals surface area contributed by atoms with Crippen LogP contribution in [0.15, 0.2) is 9.30 Å². The monoisotopic (exact) mass is 265 g/mol. The molecule has 0 fully saturated rings. The van der Waals surface area contributed by atoms with Gasteiger partial charge in [0, 0.05) is 5.38 Å². The predicted molar refractivity (Wildman–Crippen MR) is 57.1 cm³/mol. The first kappa shape index (κ1) is 12.6. The van der Waals surface area contributed by atoms with Crippen molar-refractivity contribution in [2.24, 2.45) is 0 Å². The number of hydrogen-bond donors (Lipinski definition) is 0. The van der Waals surface area contributed by atoms with Crippen LogP contribution in [-0.4, -0.2) is 17.6 Å². The van der Waals surface area contributed by atoms with Crippen LogP contribution in [0.5, 0.6) is 0 Å². The molecule has 0 aliphatic rings. The second kappa shape index (κ2) is 7.03. The van der Waals surface area contributed by atoms with Gasteiger partial charge in [-0.15, -0.1) is 11.3 Å². The number of rotatable bonds is 2. The molecule has 74 valence electrons. The van der Waals surface area contributed by atoms with Gasteiger partial charge in [0.2, 0.25) is 0 Å². The van der Waals surface area contributed by atoms with Gasteiger partial charge in [-0.05, 0) is 22.9 Å². The molecule has 0 radical (unpaired) electrons. The van der Waals surface area contributed by atoms with Gasteiger partial charge >= 0.3 is 5.97 Å². The van der Waals surface area contributed by atoms with Gasteiger partial charge in [0.25, 0.3) is 0 Å². The average molecular weight is 266 g/mol. The predicted octanol–water partition coefficient (Wildman–Crippen LogP) is 3.11. The number of ether oxygens (including phenoxy) is 1. The number of aromatic nitrogens is 1. The topological polar surface area (TPSA) is 39.2 Å². The number of esters is 1. The van der Waals surface area contributed by atoms with Crippen LogP contribution in [0.4, 0.5) is 0 Å². The van der Waals surface area contributed by atoms with E-state index in [1.54, 1.807) is 12.3 Å². The maximum absolute atomic E-state index is 11.0. The molecule has 1 rings (SSSR count). The molecule has 5 heteroatoms. The molecule has 0 unspecified atom stereocenters. The van der Waals surface area contributed by atoms with Crippen LogP contribution in [0.2, 0.25) is 0 Å². The summed E-state index contributed by atoms with van der Waals surface area (Å²) in [5.41, 5.74) is 0.365. The minimum Gasteiger partial charge on any atom is -0.461 e. The largest absolute Gasteiger partial charge is 0.461 e. The maximum atomic E-state index is 11.0. The lowest BCUT2D eigenvalue weighted by Crippen LogP contribution is -2.04. The Morgan fingerprint density at radius 3 is 2.69 bits per heavy atom. The molecule has 0 N–H and O–H groups in total. The molecule has 0 bridgehead atoms. The summed E-state index contributed by atoms with van der Waals surface area (Å²) in [4.78, 5) is 14.8. The summed E-state index contributed by atoms with van der Waals surface area (Å²) >= 11 is 4.51. The zero-order chi connectivity index (χ0) is 10.3. The molecule has 1 aromatic rings. The van der Waals surface area contributed by atoms with E-state index in [0.29, 0.717) is 16.2 Å². The lowest BCUT2D eigenvalue weighted by atomic mass is 10.5. The van der Waals surface area contributed by atoms with Crippen molar-refractivity contribution in [3.05, 3.63) is 15.0 Å². The Morgan fingerprint density at radius 2 is 2.31 bits per heavy atom. The number of carbonyl (C=O) groups is 1. The van der Waals surface area contributed by atoms with Crippen molar-refractivity contribution in [1.82, 2.24) is 4.98 Å². The number of halogens is 1. The Morgan fingerprint density at radius 1 is 1.69 bits per heavy atom. The smallest absolute Gasteiger partial charge is 0.357 e. The molecular formula is C8H12BrNO2S. The van der Waals surface area contributed by atoms with E-state index in [9.17, 15) is 4.79 Å². The minimum atomic E-state index is -0.366. The molecule has 0 aliphatic heterocycles. The minimum absolute atomic E-state index is 0.365. The first-order chi connectivity index (χ1) is 6.24. The van der Waals surface area contributed by atoms with E-state index in [4.69, 9.17) is 4.74 Å². The zero-order valence-electron chi connectivity index (χ0n) is 7.83. The fraction of sp³-hybridized carbons (Fsp3) is 0.500. The van der Waals surface area contributed by atoms with E-state index in [-0.39, 0.29) is 5.97 Å². The van der Waals surface area contributed by atoms with Gasteiger partial charge in [-0.25, -0.2) is 9.78 Å². The Bertz CT molecular complexity index is 262. The van der Waals surface area contributed by atoms with Gasteiger partial charge < -0.3 is 4.74 Å². The Hall–Kier alpha value is -0.420. The third kappa shape index (κ3) is 4.38. The van der Waals surface area contributed by atoms with E-state index in [2.05, 4.69) is 20.9 Å². The molecular weight excluding hydrogens is 254 g/mol. The summed E-state index contributed by atoms with van der Waals surface area (Å²) in [6.07, 6.45) is 0. The van der Waals surface area contributed by atoms with Crippen molar-refractivity contribution in [3.8, 4) is 0 Å². The van der Waals surface area contributed by atoms with Gasteiger partial charge in [0.15, 0.2) is 9.61 Å². The zero-order valence-corrected chi connectivity index (χ0v) is 10.2. The van der Waals surface area contributed by atoms with E-state index < -0.39 is 0 Å². The summed E-state index contributed by atoms with van der Waals surface area (Å²) < 4.78 is 5.42. The molecule has 0 aromatic carbocycles. The number of nitrogens with zero attached hydrogens (tertiary/aromatic N) is 1. The van der Waals surface area contributed by atoms with Crippen molar-refractivity contribution in [2.45, 2.75) is 20.8 Å². The fourth-order valence-corrected chi connectivity index (χ4v) is 1.53. The van der Waals surface area contributed by atoms with Crippen LogP contribution in [0, 0.1) is 0 Å². The highest BCUT2D eigenvalue weighted by molar-refractivity contribution is 9.11. The summed E-state index contributed by atoms with van der Waals surface area (Å²) in [6, 6.07) is 0. The number of hydrogen-bond acceptors (Lipinski definition) is 4. The molecule has 3 nitrogen and oxygen atoms in total. The summed E-state index contributed by atoms with van der Waals surface area (Å²) in [5, 5.41) is 1.65. The molecule has 1 aromatic heterocycles. The normalized spacial score (nSPS) is 8.62. The molecule has 0 saturated heterocycles. The van der Waals surface area contributed by atoms with Crippen LogP contribution in [0.3, 0.4) is 0 Å². The quantitative estimate of drug-likeness (QED) is 0.772. The number of carbonyl (C=O) groups excluding carboxylic acids is 1. The standard InChI is InChI=1S/C6H6BrNO2S.C2H6/c1-2-10-5(9)4-3-11-6(7)8-4;1-2/h3H,2H2,1H3;1-2H3. The highest BCUT2D eigenvalue weighted by Gasteiger charge is 2.09. The van der Waals surface area contributed by atoms with Crippen molar-refractivity contribution in [2.75, 3.05) is 6.61 Å². The molecule has 0 spiro atoms. The van der Waals surface area contributed by atoms with Crippen molar-refractivity contribution >= 4 is 33.2 Å². The lowest BCUT2D eigenvalue weighted by Gasteiger charge is -1.95. The SMILES string of the molecule is CC.CCOC(=O)c1csc(Br)n1. The van der Waals surface area contributed by atoms with Crippen LogP contribution < -0.4 is 0 Å². The lowest BCUT2D eigenvalue weighted by molar-refractivity contribution is 0.0520. The van der Waals surface area contributed by atoms with Crippen molar-refractivity contribution in [3.63, 3.8) is 0 Å². The molecule has 0 atom stereocenters. The van der Waals surface area contributed by atoms with Gasteiger partial charge in [0.05, 0.1) is 6.61 Å². The third-order valence-electron chi connectivity index (χ3n) is 0.961. The van der Waals surface area contributed by atoms with Crippen LogP contribution in [-0.2, 0) is 4.74 Å². The summed E-state index contributed by atoms with van der Waals surface area (Å²) in [7, 11) is 0. The fourth-order valence-electron chi connectivity index (χ4n) is 0.551. The molecule has 1 heterocycles. The van der Waals surface area contributed by atoms with Crippen molar-refractivity contribution < 1.29 is 9.53 Å². The van der Waals surface area contributed by atoms with E-state index >= 15 is 0 Å². The van der Waals surface area contributed by atoms with Gasteiger partial charge in [-0.2, -0.15) is 0 Å². The molecule has 0 aliphatic carbocycles. The van der Waals surface area contributed by atoms with E-state index in [0.717, 1.165) is 0 Å².